The minimum absolute atomic E-state index is 0.0314. The van der Waals surface area contributed by atoms with Crippen LogP contribution in [0.15, 0.2) is 6.07 Å². The zero-order valence-corrected chi connectivity index (χ0v) is 15.1. The zero-order chi connectivity index (χ0) is 16.2. The molecule has 0 aromatic carbocycles. The molecule has 0 atom stereocenters. The highest BCUT2D eigenvalue weighted by Crippen LogP contribution is 2.41. The summed E-state index contributed by atoms with van der Waals surface area (Å²) in [7, 11) is 0. The van der Waals surface area contributed by atoms with Gasteiger partial charge in [0.05, 0.1) is 0 Å². The van der Waals surface area contributed by atoms with Gasteiger partial charge in [-0.15, -0.1) is 0 Å². The van der Waals surface area contributed by atoms with E-state index in [2.05, 4.69) is 66.0 Å². The molecule has 0 amide bonds. The second-order valence-corrected chi connectivity index (χ2v) is 9.47. The van der Waals surface area contributed by atoms with Gasteiger partial charge in [-0.1, -0.05) is 34.6 Å². The molecule has 2 rings (SSSR count). The summed E-state index contributed by atoms with van der Waals surface area (Å²) < 4.78 is 2.44. The Balaban J connectivity index is 2.54. The highest BCUT2D eigenvalue weighted by atomic mass is 16.1. The van der Waals surface area contributed by atoms with E-state index < -0.39 is 0 Å². The van der Waals surface area contributed by atoms with Gasteiger partial charge in [-0.3, -0.25) is 4.79 Å². The van der Waals surface area contributed by atoms with E-state index in [0.717, 1.165) is 18.4 Å². The first kappa shape index (κ1) is 16.3. The molecule has 0 unspecified atom stereocenters. The van der Waals surface area contributed by atoms with Crippen LogP contribution >= 0.6 is 0 Å². The van der Waals surface area contributed by atoms with Crippen molar-refractivity contribution < 1.29 is 4.79 Å². The topological polar surface area (TPSA) is 22.0 Å². The largest absolute Gasteiger partial charge is 0.343 e. The molecule has 21 heavy (non-hydrogen) atoms. The van der Waals surface area contributed by atoms with E-state index in [1.54, 1.807) is 0 Å². The molecular weight excluding hydrogens is 258 g/mol. The van der Waals surface area contributed by atoms with Gasteiger partial charge in [0.2, 0.25) is 0 Å². The van der Waals surface area contributed by atoms with E-state index in [1.165, 1.54) is 11.4 Å². The van der Waals surface area contributed by atoms with Gasteiger partial charge in [0.1, 0.15) is 0 Å². The highest BCUT2D eigenvalue weighted by Gasteiger charge is 2.38. The Morgan fingerprint density at radius 3 is 2.24 bits per heavy atom. The van der Waals surface area contributed by atoms with Crippen LogP contribution in [0.25, 0.3) is 0 Å². The second kappa shape index (κ2) is 4.72. The maximum atomic E-state index is 12.5. The van der Waals surface area contributed by atoms with Crippen LogP contribution in [0, 0.1) is 17.8 Å². The predicted octanol–water partition coefficient (Wildman–Crippen LogP) is 5.12. The Morgan fingerprint density at radius 2 is 1.71 bits per heavy atom. The number of hydrogen-bond donors (Lipinski definition) is 0. The lowest BCUT2D eigenvalue weighted by atomic mass is 9.75. The first-order valence-corrected chi connectivity index (χ1v) is 8.07. The standard InChI is InChI=1S/C19H31NO/c1-13-9-14-15(10-18(5,6)11-16(14)21)20(13)19(7,8)12-17(2,3)4/h9H,10-12H2,1-8H3. The molecule has 0 radical (unpaired) electrons. The first-order valence-electron chi connectivity index (χ1n) is 8.07. The third-order valence-electron chi connectivity index (χ3n) is 4.44. The van der Waals surface area contributed by atoms with E-state index in [-0.39, 0.29) is 16.4 Å². The summed E-state index contributed by atoms with van der Waals surface area (Å²) in [5, 5.41) is 0. The summed E-state index contributed by atoms with van der Waals surface area (Å²) in [6, 6.07) is 2.11. The molecule has 0 saturated carbocycles. The summed E-state index contributed by atoms with van der Waals surface area (Å²) in [5.41, 5.74) is 3.81. The summed E-state index contributed by atoms with van der Waals surface area (Å²) >= 11 is 0. The first-order chi connectivity index (χ1) is 9.32. The van der Waals surface area contributed by atoms with Crippen LogP contribution in [0.3, 0.4) is 0 Å². The molecule has 1 aromatic rings. The van der Waals surface area contributed by atoms with Gasteiger partial charge in [0.15, 0.2) is 5.78 Å². The number of Topliss-reactive ketones (excluding diaryl/α,β-unsaturated/α-hetero) is 1. The Kier molecular flexibility index (Phi) is 3.67. The number of nitrogens with zero attached hydrogens (tertiary/aromatic N) is 1. The highest BCUT2D eigenvalue weighted by molar-refractivity contribution is 5.99. The fourth-order valence-electron chi connectivity index (χ4n) is 4.37. The number of carbonyl (C=O) groups excluding carboxylic acids is 1. The summed E-state index contributed by atoms with van der Waals surface area (Å²) in [6.45, 7) is 18.0. The molecule has 0 spiro atoms. The number of aromatic nitrogens is 1. The van der Waals surface area contributed by atoms with Crippen molar-refractivity contribution in [3.63, 3.8) is 0 Å². The van der Waals surface area contributed by atoms with Crippen molar-refractivity contribution in [2.75, 3.05) is 0 Å². The molecule has 1 aliphatic rings. The van der Waals surface area contributed by atoms with Crippen molar-refractivity contribution in [3.8, 4) is 0 Å². The quantitative estimate of drug-likeness (QED) is 0.740. The molecule has 1 aliphatic carbocycles. The molecule has 1 heterocycles. The van der Waals surface area contributed by atoms with Crippen molar-refractivity contribution in [1.82, 2.24) is 4.57 Å². The normalized spacial score (nSPS) is 18.8. The monoisotopic (exact) mass is 289 g/mol. The number of carbonyl (C=O) groups is 1. The van der Waals surface area contributed by atoms with Crippen LogP contribution in [0.2, 0.25) is 0 Å². The van der Waals surface area contributed by atoms with E-state index in [1.807, 2.05) is 0 Å². The van der Waals surface area contributed by atoms with Gasteiger partial charge in [0.25, 0.3) is 0 Å². The minimum atomic E-state index is 0.0314. The summed E-state index contributed by atoms with van der Waals surface area (Å²) in [6.07, 6.45) is 2.76. The van der Waals surface area contributed by atoms with Gasteiger partial charge >= 0.3 is 0 Å². The number of rotatable bonds is 2. The molecular formula is C19H31NO. The van der Waals surface area contributed by atoms with E-state index in [9.17, 15) is 4.79 Å². The smallest absolute Gasteiger partial charge is 0.165 e. The number of ketones is 1. The third-order valence-corrected chi connectivity index (χ3v) is 4.44. The lowest BCUT2D eigenvalue weighted by Gasteiger charge is -2.39. The molecule has 1 aromatic heterocycles. The second-order valence-electron chi connectivity index (χ2n) is 9.47. The summed E-state index contributed by atoms with van der Waals surface area (Å²) in [4.78, 5) is 12.5. The molecule has 118 valence electrons. The Bertz CT molecular complexity index is 567. The molecule has 0 fully saturated rings. The fraction of sp³-hybridized carbons (Fsp3) is 0.737. The average Bonchev–Trinajstić information content (AvgIpc) is 2.49. The maximum Gasteiger partial charge on any atom is 0.165 e. The van der Waals surface area contributed by atoms with Crippen molar-refractivity contribution in [2.24, 2.45) is 10.8 Å². The number of hydrogen-bond acceptors (Lipinski definition) is 1. The molecule has 2 nitrogen and oxygen atoms in total. The minimum Gasteiger partial charge on any atom is -0.343 e. The van der Waals surface area contributed by atoms with Gasteiger partial charge in [-0.25, -0.2) is 0 Å². The van der Waals surface area contributed by atoms with Crippen molar-refractivity contribution in [1.29, 1.82) is 0 Å². The van der Waals surface area contributed by atoms with Gasteiger partial charge < -0.3 is 4.57 Å². The summed E-state index contributed by atoms with van der Waals surface area (Å²) in [5.74, 6) is 0.314. The van der Waals surface area contributed by atoms with E-state index in [4.69, 9.17) is 0 Å². The molecule has 0 bridgehead atoms. The lowest BCUT2D eigenvalue weighted by molar-refractivity contribution is 0.0906. The van der Waals surface area contributed by atoms with Gasteiger partial charge in [-0.2, -0.15) is 0 Å². The van der Waals surface area contributed by atoms with Gasteiger partial charge in [-0.05, 0) is 50.5 Å². The van der Waals surface area contributed by atoms with Gasteiger partial charge in [0, 0.05) is 28.9 Å². The Labute approximate surface area is 129 Å². The van der Waals surface area contributed by atoms with Crippen molar-refractivity contribution >= 4 is 5.78 Å². The molecule has 2 heteroatoms. The zero-order valence-electron chi connectivity index (χ0n) is 15.1. The fourth-order valence-corrected chi connectivity index (χ4v) is 4.37. The molecule has 0 aliphatic heterocycles. The van der Waals surface area contributed by atoms with Crippen LogP contribution in [0.4, 0.5) is 0 Å². The van der Waals surface area contributed by atoms with Crippen LogP contribution in [-0.4, -0.2) is 10.4 Å². The van der Waals surface area contributed by atoms with Crippen molar-refractivity contribution in [2.45, 2.75) is 80.2 Å². The predicted molar refractivity (Wildman–Crippen MR) is 89.0 cm³/mol. The van der Waals surface area contributed by atoms with E-state index in [0.29, 0.717) is 12.2 Å². The Hall–Kier alpha value is -1.05. The van der Waals surface area contributed by atoms with Crippen LogP contribution in [-0.2, 0) is 12.0 Å². The van der Waals surface area contributed by atoms with Crippen molar-refractivity contribution in [3.05, 3.63) is 23.0 Å². The Morgan fingerprint density at radius 1 is 1.14 bits per heavy atom. The molecule has 0 N–H and O–H groups in total. The average molecular weight is 289 g/mol. The van der Waals surface area contributed by atoms with Crippen LogP contribution in [0.1, 0.15) is 83.1 Å². The van der Waals surface area contributed by atoms with Crippen LogP contribution in [0.5, 0.6) is 0 Å². The number of aryl methyl sites for hydroxylation is 1. The third kappa shape index (κ3) is 3.25. The van der Waals surface area contributed by atoms with Crippen LogP contribution < -0.4 is 0 Å². The molecule has 0 saturated heterocycles. The van der Waals surface area contributed by atoms with E-state index >= 15 is 0 Å². The lowest BCUT2D eigenvalue weighted by Crippen LogP contribution is -2.36. The number of fused-ring (bicyclic) bond motifs is 1. The maximum absolute atomic E-state index is 12.5. The SMILES string of the molecule is Cc1cc2c(n1C(C)(C)CC(C)(C)C)CC(C)(C)CC2=O.